The van der Waals surface area contributed by atoms with Crippen LogP contribution < -0.4 is 10.6 Å². The number of nitrogens with one attached hydrogen (secondary N) is 2. The first-order chi connectivity index (χ1) is 8.81. The SMILES string of the molecule is C=CCNC(=NCC1CCCCN1CC)NCC.I. The van der Waals surface area contributed by atoms with Gasteiger partial charge in [0, 0.05) is 19.1 Å². The molecule has 1 unspecified atom stereocenters. The summed E-state index contributed by atoms with van der Waals surface area (Å²) >= 11 is 0. The van der Waals surface area contributed by atoms with Crippen LogP contribution in [0.4, 0.5) is 0 Å². The molecule has 1 rings (SSSR count). The first-order valence-corrected chi connectivity index (χ1v) is 7.18. The van der Waals surface area contributed by atoms with E-state index in [1.165, 1.54) is 25.8 Å². The van der Waals surface area contributed by atoms with E-state index >= 15 is 0 Å². The third kappa shape index (κ3) is 7.15. The van der Waals surface area contributed by atoms with Crippen molar-refractivity contribution in [3.05, 3.63) is 12.7 Å². The van der Waals surface area contributed by atoms with Gasteiger partial charge in [-0.15, -0.1) is 30.6 Å². The van der Waals surface area contributed by atoms with E-state index in [4.69, 9.17) is 0 Å². The van der Waals surface area contributed by atoms with E-state index in [0.717, 1.165) is 32.1 Å². The highest BCUT2D eigenvalue weighted by Crippen LogP contribution is 2.16. The summed E-state index contributed by atoms with van der Waals surface area (Å²) in [7, 11) is 0. The number of likely N-dealkylation sites (N-methyl/N-ethyl adjacent to an activating group) is 1. The molecular weight excluding hydrogens is 351 g/mol. The maximum Gasteiger partial charge on any atom is 0.191 e. The maximum absolute atomic E-state index is 4.68. The summed E-state index contributed by atoms with van der Waals surface area (Å²) < 4.78 is 0. The van der Waals surface area contributed by atoms with Gasteiger partial charge in [0.25, 0.3) is 0 Å². The van der Waals surface area contributed by atoms with E-state index in [-0.39, 0.29) is 24.0 Å². The number of hydrogen-bond donors (Lipinski definition) is 2. The number of rotatable bonds is 6. The third-order valence-electron chi connectivity index (χ3n) is 3.37. The van der Waals surface area contributed by atoms with Gasteiger partial charge in [-0.1, -0.05) is 19.4 Å². The number of halogens is 1. The fourth-order valence-electron chi connectivity index (χ4n) is 2.39. The molecule has 0 aromatic rings. The second-order valence-electron chi connectivity index (χ2n) is 4.67. The Morgan fingerprint density at radius 2 is 2.16 bits per heavy atom. The minimum Gasteiger partial charge on any atom is -0.357 e. The van der Waals surface area contributed by atoms with Gasteiger partial charge in [-0.2, -0.15) is 0 Å². The number of likely N-dealkylation sites (tertiary alicyclic amines) is 1. The summed E-state index contributed by atoms with van der Waals surface area (Å²) in [6.45, 7) is 12.9. The van der Waals surface area contributed by atoms with E-state index in [1.807, 2.05) is 6.08 Å². The van der Waals surface area contributed by atoms with Crippen LogP contribution in [0, 0.1) is 0 Å². The highest BCUT2D eigenvalue weighted by Gasteiger charge is 2.20. The number of piperidine rings is 1. The standard InChI is InChI=1S/C14H28N4.HI/c1-4-10-16-14(15-5-2)17-12-13-9-7-8-11-18(13)6-3;/h4,13H,1,5-12H2,2-3H3,(H2,15,16,17);1H. The summed E-state index contributed by atoms with van der Waals surface area (Å²) in [5, 5.41) is 6.51. The fraction of sp³-hybridized carbons (Fsp3) is 0.786. The first kappa shape index (κ1) is 18.7. The van der Waals surface area contributed by atoms with Gasteiger partial charge in [-0.25, -0.2) is 0 Å². The molecule has 0 spiro atoms. The van der Waals surface area contributed by atoms with Crippen molar-refractivity contribution in [3.8, 4) is 0 Å². The number of nitrogens with zero attached hydrogens (tertiary/aromatic N) is 2. The molecule has 4 nitrogen and oxygen atoms in total. The Morgan fingerprint density at radius 1 is 1.37 bits per heavy atom. The van der Waals surface area contributed by atoms with E-state index in [9.17, 15) is 0 Å². The van der Waals surface area contributed by atoms with Crippen LogP contribution in [0.25, 0.3) is 0 Å². The molecule has 2 N–H and O–H groups in total. The summed E-state index contributed by atoms with van der Waals surface area (Å²) in [6, 6.07) is 0.614. The number of hydrogen-bond acceptors (Lipinski definition) is 2. The molecule has 1 atom stereocenters. The third-order valence-corrected chi connectivity index (χ3v) is 3.37. The van der Waals surface area contributed by atoms with Crippen LogP contribution in [-0.4, -0.2) is 49.6 Å². The van der Waals surface area contributed by atoms with Gasteiger partial charge in [0.2, 0.25) is 0 Å². The van der Waals surface area contributed by atoms with E-state index in [0.29, 0.717) is 6.04 Å². The molecule has 1 saturated heterocycles. The number of aliphatic imine (C=N–C) groups is 1. The molecular formula is C14H29IN4. The molecule has 1 aliphatic heterocycles. The van der Waals surface area contributed by atoms with Crippen molar-refractivity contribution in [2.45, 2.75) is 39.2 Å². The Bertz CT molecular complexity index is 268. The van der Waals surface area contributed by atoms with Crippen molar-refractivity contribution >= 4 is 29.9 Å². The molecule has 0 aromatic carbocycles. The second kappa shape index (κ2) is 11.5. The lowest BCUT2D eigenvalue weighted by Crippen LogP contribution is -2.43. The van der Waals surface area contributed by atoms with Crippen LogP contribution in [0.5, 0.6) is 0 Å². The van der Waals surface area contributed by atoms with Gasteiger partial charge >= 0.3 is 0 Å². The van der Waals surface area contributed by atoms with Gasteiger partial charge < -0.3 is 10.6 Å². The van der Waals surface area contributed by atoms with Gasteiger partial charge in [-0.3, -0.25) is 9.89 Å². The largest absolute Gasteiger partial charge is 0.357 e. The zero-order valence-electron chi connectivity index (χ0n) is 12.3. The summed E-state index contributed by atoms with van der Waals surface area (Å²) in [5.41, 5.74) is 0. The van der Waals surface area contributed by atoms with E-state index in [1.54, 1.807) is 0 Å². The minimum atomic E-state index is 0. The van der Waals surface area contributed by atoms with Crippen molar-refractivity contribution in [1.82, 2.24) is 15.5 Å². The van der Waals surface area contributed by atoms with E-state index < -0.39 is 0 Å². The molecule has 0 aliphatic carbocycles. The van der Waals surface area contributed by atoms with Crippen molar-refractivity contribution in [2.24, 2.45) is 4.99 Å². The van der Waals surface area contributed by atoms with Crippen molar-refractivity contribution in [3.63, 3.8) is 0 Å². The van der Waals surface area contributed by atoms with Gasteiger partial charge in [-0.05, 0) is 32.9 Å². The summed E-state index contributed by atoms with van der Waals surface area (Å²) in [5.74, 6) is 0.902. The molecule has 0 bridgehead atoms. The van der Waals surface area contributed by atoms with Crippen molar-refractivity contribution in [1.29, 1.82) is 0 Å². The molecule has 19 heavy (non-hydrogen) atoms. The maximum atomic E-state index is 4.68. The second-order valence-corrected chi connectivity index (χ2v) is 4.67. The predicted molar refractivity (Wildman–Crippen MR) is 94.5 cm³/mol. The van der Waals surface area contributed by atoms with Crippen LogP contribution in [-0.2, 0) is 0 Å². The monoisotopic (exact) mass is 380 g/mol. The Balaban J connectivity index is 0.00000324. The Hall–Kier alpha value is -0.300. The quantitative estimate of drug-likeness (QED) is 0.321. The van der Waals surface area contributed by atoms with Crippen LogP contribution >= 0.6 is 24.0 Å². The Kier molecular flexibility index (Phi) is 11.3. The minimum absolute atomic E-state index is 0. The molecule has 0 amide bonds. The van der Waals surface area contributed by atoms with Crippen molar-refractivity contribution < 1.29 is 0 Å². The molecule has 0 saturated carbocycles. The molecule has 5 heteroatoms. The van der Waals surface area contributed by atoms with Gasteiger partial charge in [0.1, 0.15) is 0 Å². The molecule has 1 aliphatic rings. The summed E-state index contributed by atoms with van der Waals surface area (Å²) in [6.07, 6.45) is 5.81. The highest BCUT2D eigenvalue weighted by molar-refractivity contribution is 14.0. The van der Waals surface area contributed by atoms with Crippen molar-refractivity contribution in [2.75, 3.05) is 32.7 Å². The molecule has 0 radical (unpaired) electrons. The van der Waals surface area contributed by atoms with Gasteiger partial charge in [0.05, 0.1) is 6.54 Å². The lowest BCUT2D eigenvalue weighted by atomic mass is 10.0. The summed E-state index contributed by atoms with van der Waals surface area (Å²) in [4.78, 5) is 7.22. The van der Waals surface area contributed by atoms with Crippen LogP contribution in [0.3, 0.4) is 0 Å². The first-order valence-electron chi connectivity index (χ1n) is 7.18. The fourth-order valence-corrected chi connectivity index (χ4v) is 2.39. The van der Waals surface area contributed by atoms with Crippen LogP contribution in [0.15, 0.2) is 17.6 Å². The van der Waals surface area contributed by atoms with Gasteiger partial charge in [0.15, 0.2) is 5.96 Å². The van der Waals surface area contributed by atoms with Crippen LogP contribution in [0.1, 0.15) is 33.1 Å². The average Bonchev–Trinajstić information content (AvgIpc) is 2.42. The number of guanidine groups is 1. The molecule has 1 fully saturated rings. The van der Waals surface area contributed by atoms with E-state index in [2.05, 4.69) is 41.0 Å². The highest BCUT2D eigenvalue weighted by atomic mass is 127. The normalized spacial score (nSPS) is 20.5. The molecule has 112 valence electrons. The smallest absolute Gasteiger partial charge is 0.191 e. The Labute approximate surface area is 135 Å². The predicted octanol–water partition coefficient (Wildman–Crippen LogP) is 2.22. The lowest BCUT2D eigenvalue weighted by molar-refractivity contribution is 0.161. The van der Waals surface area contributed by atoms with Crippen LogP contribution in [0.2, 0.25) is 0 Å². The topological polar surface area (TPSA) is 39.7 Å². The molecule has 1 heterocycles. The Morgan fingerprint density at radius 3 is 2.79 bits per heavy atom. The lowest BCUT2D eigenvalue weighted by Gasteiger charge is -2.33. The zero-order chi connectivity index (χ0) is 13.2. The zero-order valence-corrected chi connectivity index (χ0v) is 14.7. The average molecular weight is 380 g/mol. The molecule has 0 aromatic heterocycles.